The second kappa shape index (κ2) is 7.67. The number of ketones is 1. The third kappa shape index (κ3) is 3.65. The highest BCUT2D eigenvalue weighted by molar-refractivity contribution is 7.99. The van der Waals surface area contributed by atoms with E-state index in [1.807, 2.05) is 4.57 Å². The summed E-state index contributed by atoms with van der Waals surface area (Å²) in [5.41, 5.74) is 1.65. The quantitative estimate of drug-likeness (QED) is 0.509. The second-order valence-electron chi connectivity index (χ2n) is 7.01. The van der Waals surface area contributed by atoms with Crippen LogP contribution in [0.3, 0.4) is 0 Å². The molecule has 150 valence electrons. The van der Waals surface area contributed by atoms with Crippen molar-refractivity contribution in [3.8, 4) is 0 Å². The summed E-state index contributed by atoms with van der Waals surface area (Å²) in [7, 11) is 0. The van der Waals surface area contributed by atoms with Crippen LogP contribution in [0.25, 0.3) is 10.9 Å². The van der Waals surface area contributed by atoms with Crippen LogP contribution in [0.15, 0.2) is 40.1 Å². The molecule has 29 heavy (non-hydrogen) atoms. The smallest absolute Gasteiger partial charge is 0.160 e. The lowest BCUT2D eigenvalue weighted by Gasteiger charge is -2.14. The number of carboxylic acids is 1. The number of fused-ring (bicyclic) bond motifs is 3. The van der Waals surface area contributed by atoms with Crippen LogP contribution in [0, 0.1) is 5.82 Å². The number of rotatable bonds is 5. The number of hydrogen-bond acceptors (Lipinski definition) is 4. The summed E-state index contributed by atoms with van der Waals surface area (Å²) in [5, 5.41) is 12.7. The van der Waals surface area contributed by atoms with E-state index in [2.05, 4.69) is 0 Å². The van der Waals surface area contributed by atoms with Gasteiger partial charge < -0.3 is 14.5 Å². The first-order valence-corrected chi connectivity index (χ1v) is 10.5. The Hall–Kier alpha value is -2.02. The standard InChI is InChI=1S/C21H16Cl2FNO3S/c1-10(26)14-7-12(24)8-17-19(14)21(29-13-2-3-15(22)16(23)9-13)20-11(6-18(27)28)4-5-25(17)20/h2-3,7-9,11H,4-6H2,1H3,(H,27,28)/p-1. The Morgan fingerprint density at radius 2 is 2.00 bits per heavy atom. The number of carboxylic acid groups (broad SMARTS) is 1. The number of Topliss-reactive ketones (excluding diaryl/α,β-unsaturated/α-hetero) is 1. The number of halogens is 3. The van der Waals surface area contributed by atoms with Crippen molar-refractivity contribution in [2.75, 3.05) is 0 Å². The van der Waals surface area contributed by atoms with Crippen molar-refractivity contribution in [3.05, 3.63) is 57.5 Å². The van der Waals surface area contributed by atoms with Crippen LogP contribution < -0.4 is 5.11 Å². The number of aromatic nitrogens is 1. The molecule has 1 aromatic heterocycles. The summed E-state index contributed by atoms with van der Waals surface area (Å²) in [6, 6.07) is 7.81. The lowest BCUT2D eigenvalue weighted by molar-refractivity contribution is -0.306. The minimum atomic E-state index is -1.14. The van der Waals surface area contributed by atoms with Crippen molar-refractivity contribution in [1.82, 2.24) is 4.57 Å². The number of carbonyl (C=O) groups is 2. The number of aryl methyl sites for hydroxylation is 1. The summed E-state index contributed by atoms with van der Waals surface area (Å²) in [4.78, 5) is 25.1. The fourth-order valence-electron chi connectivity index (χ4n) is 3.93. The van der Waals surface area contributed by atoms with E-state index in [-0.39, 0.29) is 23.7 Å². The van der Waals surface area contributed by atoms with Crippen LogP contribution in [0.2, 0.25) is 10.0 Å². The van der Waals surface area contributed by atoms with Gasteiger partial charge in [0.15, 0.2) is 5.78 Å². The summed E-state index contributed by atoms with van der Waals surface area (Å²) >= 11 is 13.5. The van der Waals surface area contributed by atoms with E-state index in [1.165, 1.54) is 30.8 Å². The van der Waals surface area contributed by atoms with Crippen molar-refractivity contribution in [1.29, 1.82) is 0 Å². The molecule has 8 heteroatoms. The third-order valence-corrected chi connectivity index (χ3v) is 6.96. The predicted molar refractivity (Wildman–Crippen MR) is 109 cm³/mol. The van der Waals surface area contributed by atoms with Gasteiger partial charge in [0.2, 0.25) is 0 Å². The maximum atomic E-state index is 14.3. The van der Waals surface area contributed by atoms with Crippen LogP contribution in [0.1, 0.15) is 41.7 Å². The highest BCUT2D eigenvalue weighted by Gasteiger charge is 2.32. The molecule has 1 aliphatic rings. The van der Waals surface area contributed by atoms with E-state index in [0.29, 0.717) is 33.9 Å². The molecule has 0 bridgehead atoms. The minimum Gasteiger partial charge on any atom is -0.550 e. The molecule has 0 spiro atoms. The zero-order valence-electron chi connectivity index (χ0n) is 15.3. The first-order valence-electron chi connectivity index (χ1n) is 8.95. The Bertz CT molecular complexity index is 1170. The first kappa shape index (κ1) is 20.3. The summed E-state index contributed by atoms with van der Waals surface area (Å²) < 4.78 is 16.2. The Morgan fingerprint density at radius 1 is 1.24 bits per heavy atom. The molecule has 2 aromatic carbocycles. The average molecular weight is 451 g/mol. The van der Waals surface area contributed by atoms with Gasteiger partial charge in [-0.3, -0.25) is 4.79 Å². The molecule has 1 aliphatic heterocycles. The largest absolute Gasteiger partial charge is 0.550 e. The van der Waals surface area contributed by atoms with Gasteiger partial charge in [-0.25, -0.2) is 4.39 Å². The highest BCUT2D eigenvalue weighted by atomic mass is 35.5. The summed E-state index contributed by atoms with van der Waals surface area (Å²) in [5.74, 6) is -2.18. The van der Waals surface area contributed by atoms with E-state index in [0.717, 1.165) is 15.5 Å². The lowest BCUT2D eigenvalue weighted by atomic mass is 9.99. The maximum Gasteiger partial charge on any atom is 0.160 e. The van der Waals surface area contributed by atoms with E-state index < -0.39 is 11.8 Å². The molecule has 4 nitrogen and oxygen atoms in total. The van der Waals surface area contributed by atoms with Crippen LogP contribution >= 0.6 is 35.0 Å². The molecule has 4 rings (SSSR count). The van der Waals surface area contributed by atoms with Crippen LogP contribution in [0.4, 0.5) is 4.39 Å². The van der Waals surface area contributed by atoms with Gasteiger partial charge in [0.1, 0.15) is 5.82 Å². The maximum absolute atomic E-state index is 14.3. The van der Waals surface area contributed by atoms with Crippen LogP contribution in [-0.2, 0) is 11.3 Å². The molecular formula is C21H15Cl2FNO3S-. The minimum absolute atomic E-state index is 0.136. The van der Waals surface area contributed by atoms with Gasteiger partial charge in [-0.15, -0.1) is 0 Å². The first-order chi connectivity index (χ1) is 13.8. The molecule has 0 fully saturated rings. The Kier molecular flexibility index (Phi) is 5.36. The summed E-state index contributed by atoms with van der Waals surface area (Å²) in [6.07, 6.45) is 0.475. The van der Waals surface area contributed by atoms with Crippen molar-refractivity contribution in [2.24, 2.45) is 0 Å². The normalized spacial score (nSPS) is 15.7. The van der Waals surface area contributed by atoms with Gasteiger partial charge >= 0.3 is 0 Å². The van der Waals surface area contributed by atoms with E-state index in [9.17, 15) is 19.1 Å². The molecule has 0 saturated carbocycles. The summed E-state index contributed by atoms with van der Waals surface area (Å²) in [6.45, 7) is 1.94. The van der Waals surface area contributed by atoms with Gasteiger partial charge in [0, 0.05) is 44.9 Å². The number of aliphatic carboxylic acids is 1. The topological polar surface area (TPSA) is 62.1 Å². The second-order valence-corrected chi connectivity index (χ2v) is 8.91. The van der Waals surface area contributed by atoms with Crippen LogP contribution in [0.5, 0.6) is 0 Å². The third-order valence-electron chi connectivity index (χ3n) is 5.11. The fraction of sp³-hybridized carbons (Fsp3) is 0.238. The molecule has 0 N–H and O–H groups in total. The molecule has 2 heterocycles. The number of carbonyl (C=O) groups excluding carboxylic acids is 2. The average Bonchev–Trinajstić information content (AvgIpc) is 3.17. The SMILES string of the molecule is CC(=O)c1cc(F)cc2c1c(Sc1ccc(Cl)c(Cl)c1)c1n2CCC1CC(=O)[O-]. The van der Waals surface area contributed by atoms with Crippen molar-refractivity contribution in [3.63, 3.8) is 0 Å². The fourth-order valence-corrected chi connectivity index (χ4v) is 5.54. The Morgan fingerprint density at radius 3 is 2.66 bits per heavy atom. The molecule has 1 atom stereocenters. The van der Waals surface area contributed by atoms with Gasteiger partial charge in [-0.05, 0) is 50.1 Å². The van der Waals surface area contributed by atoms with E-state index in [4.69, 9.17) is 23.2 Å². The van der Waals surface area contributed by atoms with Crippen molar-refractivity contribution in [2.45, 2.75) is 42.0 Å². The molecule has 3 aromatic rings. The van der Waals surface area contributed by atoms with Gasteiger partial charge in [-0.1, -0.05) is 35.0 Å². The monoisotopic (exact) mass is 450 g/mol. The lowest BCUT2D eigenvalue weighted by Crippen LogP contribution is -2.24. The van der Waals surface area contributed by atoms with Gasteiger partial charge in [0.05, 0.1) is 15.6 Å². The van der Waals surface area contributed by atoms with Gasteiger partial charge in [0.25, 0.3) is 0 Å². The molecule has 0 radical (unpaired) electrons. The van der Waals surface area contributed by atoms with Crippen LogP contribution in [-0.4, -0.2) is 16.3 Å². The van der Waals surface area contributed by atoms with E-state index in [1.54, 1.807) is 18.2 Å². The molecular weight excluding hydrogens is 436 g/mol. The molecule has 1 unspecified atom stereocenters. The van der Waals surface area contributed by atoms with Crippen molar-refractivity contribution < 1.29 is 19.1 Å². The van der Waals surface area contributed by atoms with E-state index >= 15 is 0 Å². The van der Waals surface area contributed by atoms with Gasteiger partial charge in [-0.2, -0.15) is 0 Å². The highest BCUT2D eigenvalue weighted by Crippen LogP contribution is 2.48. The zero-order valence-corrected chi connectivity index (χ0v) is 17.6. The number of benzene rings is 2. The Balaban J connectivity index is 1.98. The Labute approximate surface area is 180 Å². The molecule has 0 amide bonds. The van der Waals surface area contributed by atoms with Crippen molar-refractivity contribution >= 4 is 57.6 Å². The number of hydrogen-bond donors (Lipinski definition) is 0. The number of nitrogens with zero attached hydrogens (tertiary/aromatic N) is 1. The molecule has 0 aliphatic carbocycles. The molecule has 0 saturated heterocycles. The zero-order chi connectivity index (χ0) is 20.9. The predicted octanol–water partition coefficient (Wildman–Crippen LogP) is 5.07.